The Bertz CT molecular complexity index is 620. The summed E-state index contributed by atoms with van der Waals surface area (Å²) in [7, 11) is 0. The van der Waals surface area contributed by atoms with E-state index < -0.39 is 11.6 Å². The predicted octanol–water partition coefficient (Wildman–Crippen LogP) is 2.92. The Morgan fingerprint density at radius 1 is 1.12 bits per heavy atom. The number of likely N-dealkylation sites (tertiary alicyclic amines) is 1. The van der Waals surface area contributed by atoms with Crippen LogP contribution in [0.15, 0.2) is 24.3 Å². The lowest BCUT2D eigenvalue weighted by Gasteiger charge is -2.39. The topological polar surface area (TPSA) is 68.0 Å². The Balaban J connectivity index is 1.66. The molecule has 2 aliphatic heterocycles. The first-order valence-electron chi connectivity index (χ1n) is 9.56. The molecule has 0 aromatic heterocycles. The highest BCUT2D eigenvalue weighted by Gasteiger charge is 2.39. The number of hydrogen-bond donors (Lipinski definition) is 1. The van der Waals surface area contributed by atoms with Crippen LogP contribution in [0.25, 0.3) is 0 Å². The zero-order valence-corrected chi connectivity index (χ0v) is 16.2. The van der Waals surface area contributed by atoms with Crippen LogP contribution in [0.4, 0.5) is 5.69 Å². The second kappa shape index (κ2) is 7.55. The lowest BCUT2D eigenvalue weighted by molar-refractivity contribution is -0.301. The fourth-order valence-corrected chi connectivity index (χ4v) is 3.77. The third-order valence-corrected chi connectivity index (χ3v) is 5.01. The van der Waals surface area contributed by atoms with Gasteiger partial charge in [0.1, 0.15) is 11.3 Å². The van der Waals surface area contributed by atoms with Crippen LogP contribution in [0.5, 0.6) is 0 Å². The van der Waals surface area contributed by atoms with Crippen LogP contribution in [-0.4, -0.2) is 48.3 Å². The molecule has 3 rings (SSSR count). The first-order valence-corrected chi connectivity index (χ1v) is 9.56. The number of rotatable bonds is 5. The molecule has 0 radical (unpaired) electrons. The highest BCUT2D eigenvalue weighted by molar-refractivity contribution is 5.89. The Morgan fingerprint density at radius 2 is 1.77 bits per heavy atom. The van der Waals surface area contributed by atoms with Crippen molar-refractivity contribution in [1.82, 2.24) is 4.90 Å². The van der Waals surface area contributed by atoms with Gasteiger partial charge in [0.05, 0.1) is 5.56 Å². The maximum Gasteiger partial charge on any atom is 0.373 e. The van der Waals surface area contributed by atoms with Gasteiger partial charge in [-0.1, -0.05) is 0 Å². The van der Waals surface area contributed by atoms with Crippen molar-refractivity contribution in [3.63, 3.8) is 0 Å². The van der Waals surface area contributed by atoms with Crippen molar-refractivity contribution in [2.24, 2.45) is 5.73 Å². The third-order valence-electron chi connectivity index (χ3n) is 5.01. The van der Waals surface area contributed by atoms with Gasteiger partial charge in [0, 0.05) is 18.8 Å². The van der Waals surface area contributed by atoms with Crippen LogP contribution in [0.1, 0.15) is 56.8 Å². The van der Waals surface area contributed by atoms with Gasteiger partial charge in [-0.05, 0) is 83.8 Å². The molecule has 2 fully saturated rings. The summed E-state index contributed by atoms with van der Waals surface area (Å²) in [4.78, 5) is 26.8. The van der Waals surface area contributed by atoms with E-state index in [2.05, 4.69) is 9.80 Å². The molecule has 6 heteroatoms. The van der Waals surface area contributed by atoms with Crippen molar-refractivity contribution in [2.75, 3.05) is 31.1 Å². The average molecular weight is 361 g/mol. The van der Waals surface area contributed by atoms with Crippen molar-refractivity contribution >= 4 is 11.7 Å². The molecule has 26 heavy (non-hydrogen) atoms. The van der Waals surface area contributed by atoms with Crippen LogP contribution in [0, 0.1) is 0 Å². The van der Waals surface area contributed by atoms with E-state index in [-0.39, 0.29) is 5.66 Å². The van der Waals surface area contributed by atoms with Crippen molar-refractivity contribution in [1.29, 1.82) is 0 Å². The summed E-state index contributed by atoms with van der Waals surface area (Å²) in [6, 6.07) is 7.45. The molecule has 2 saturated heterocycles. The second-order valence-electron chi connectivity index (χ2n) is 8.46. The van der Waals surface area contributed by atoms with Crippen LogP contribution in [0.2, 0.25) is 0 Å². The van der Waals surface area contributed by atoms with E-state index in [0.717, 1.165) is 44.7 Å². The Labute approximate surface area is 156 Å². The van der Waals surface area contributed by atoms with Gasteiger partial charge in [0.25, 0.3) is 0 Å². The van der Waals surface area contributed by atoms with Gasteiger partial charge in [-0.2, -0.15) is 4.89 Å². The molecule has 1 aromatic carbocycles. The van der Waals surface area contributed by atoms with Crippen LogP contribution in [0.3, 0.4) is 0 Å². The first-order chi connectivity index (χ1) is 12.3. The number of anilines is 1. The molecular weight excluding hydrogens is 330 g/mol. The van der Waals surface area contributed by atoms with Gasteiger partial charge in [0.2, 0.25) is 0 Å². The van der Waals surface area contributed by atoms with Crippen molar-refractivity contribution < 1.29 is 14.6 Å². The summed E-state index contributed by atoms with van der Waals surface area (Å²) >= 11 is 0. The summed E-state index contributed by atoms with van der Waals surface area (Å²) in [5.41, 5.74) is 7.45. The lowest BCUT2D eigenvalue weighted by atomic mass is 10.1. The number of carbonyl (C=O) groups is 1. The van der Waals surface area contributed by atoms with E-state index in [9.17, 15) is 4.79 Å². The molecule has 0 unspecified atom stereocenters. The van der Waals surface area contributed by atoms with Gasteiger partial charge in [-0.25, -0.2) is 4.79 Å². The first kappa shape index (κ1) is 19.1. The maximum atomic E-state index is 12.1. The van der Waals surface area contributed by atoms with E-state index in [1.807, 2.05) is 32.9 Å². The monoisotopic (exact) mass is 361 g/mol. The molecule has 0 saturated carbocycles. The van der Waals surface area contributed by atoms with E-state index in [4.69, 9.17) is 15.5 Å². The molecule has 0 spiro atoms. The molecule has 2 heterocycles. The zero-order valence-electron chi connectivity index (χ0n) is 16.2. The molecule has 2 aliphatic rings. The number of nitrogens with zero attached hydrogens (tertiary/aromatic N) is 2. The second-order valence-corrected chi connectivity index (χ2v) is 8.46. The Hall–Kier alpha value is -1.63. The van der Waals surface area contributed by atoms with Crippen molar-refractivity contribution in [2.45, 2.75) is 57.7 Å². The number of benzene rings is 1. The highest BCUT2D eigenvalue weighted by atomic mass is 17.2. The van der Waals surface area contributed by atoms with Crippen molar-refractivity contribution in [3.8, 4) is 0 Å². The molecule has 0 bridgehead atoms. The van der Waals surface area contributed by atoms with Crippen LogP contribution >= 0.6 is 0 Å². The van der Waals surface area contributed by atoms with Crippen molar-refractivity contribution in [3.05, 3.63) is 29.8 Å². The quantitative estimate of drug-likeness (QED) is 0.642. The average Bonchev–Trinajstić information content (AvgIpc) is 3.22. The molecule has 0 aliphatic carbocycles. The largest absolute Gasteiger partial charge is 0.373 e. The van der Waals surface area contributed by atoms with Crippen LogP contribution in [-0.2, 0) is 9.78 Å². The van der Waals surface area contributed by atoms with E-state index >= 15 is 0 Å². The lowest BCUT2D eigenvalue weighted by Crippen LogP contribution is -2.58. The Morgan fingerprint density at radius 3 is 2.38 bits per heavy atom. The normalized spacial score (nSPS) is 24.2. The highest BCUT2D eigenvalue weighted by Crippen LogP contribution is 2.32. The molecule has 0 amide bonds. The number of hydrogen-bond acceptors (Lipinski definition) is 6. The van der Waals surface area contributed by atoms with Gasteiger partial charge in [-0.3, -0.25) is 9.79 Å². The maximum absolute atomic E-state index is 12.1. The fraction of sp³-hybridized carbons (Fsp3) is 0.650. The molecule has 2 N–H and O–H groups in total. The minimum Gasteiger partial charge on any atom is -0.352 e. The molecule has 1 atom stereocenters. The fourth-order valence-electron chi connectivity index (χ4n) is 3.77. The van der Waals surface area contributed by atoms with Gasteiger partial charge >= 0.3 is 5.97 Å². The summed E-state index contributed by atoms with van der Waals surface area (Å²) in [5, 5.41) is 0. The zero-order chi connectivity index (χ0) is 18.8. The van der Waals surface area contributed by atoms with E-state index in [0.29, 0.717) is 5.56 Å². The minimum atomic E-state index is -0.528. The van der Waals surface area contributed by atoms with Gasteiger partial charge in [0.15, 0.2) is 0 Å². The smallest absolute Gasteiger partial charge is 0.352 e. The SMILES string of the molecule is CC(C)(C)OOC(=O)c1ccc(N2CCC[C@@]2(N)CN2CCCC2)cc1. The Kier molecular flexibility index (Phi) is 5.55. The number of nitrogens with two attached hydrogens (primary N) is 1. The summed E-state index contributed by atoms with van der Waals surface area (Å²) in [5.74, 6) is -0.482. The summed E-state index contributed by atoms with van der Waals surface area (Å²) < 4.78 is 0. The minimum absolute atomic E-state index is 0.332. The van der Waals surface area contributed by atoms with Crippen LogP contribution < -0.4 is 10.6 Å². The predicted molar refractivity (Wildman–Crippen MR) is 102 cm³/mol. The molecule has 1 aromatic rings. The molecule has 6 nitrogen and oxygen atoms in total. The third kappa shape index (κ3) is 4.55. The summed E-state index contributed by atoms with van der Waals surface area (Å²) in [6.45, 7) is 9.63. The van der Waals surface area contributed by atoms with E-state index in [1.165, 1.54) is 12.8 Å². The van der Waals surface area contributed by atoms with Gasteiger partial charge in [-0.15, -0.1) is 0 Å². The van der Waals surface area contributed by atoms with Gasteiger partial charge < -0.3 is 10.6 Å². The number of carbonyl (C=O) groups excluding carboxylic acids is 1. The van der Waals surface area contributed by atoms with E-state index in [1.54, 1.807) is 12.1 Å². The standard InChI is InChI=1S/C20H31N3O3/c1-19(2,3)26-25-18(24)16-7-9-17(10-8-16)23-14-6-11-20(23,21)15-22-12-4-5-13-22/h7-10H,4-6,11-15,21H2,1-3H3/t20-/m0/s1. The summed E-state index contributed by atoms with van der Waals surface area (Å²) in [6.07, 6.45) is 4.62. The molecule has 144 valence electrons. The molecular formula is C20H31N3O3.